The van der Waals surface area contributed by atoms with E-state index >= 15 is 0 Å². The predicted molar refractivity (Wildman–Crippen MR) is 91.3 cm³/mol. The molecule has 6 heteroatoms. The topological polar surface area (TPSA) is 64.1 Å². The Bertz CT molecular complexity index is 773. The number of fused-ring (bicyclic) bond motifs is 1. The standard InChI is InChI=1S/C19H20FN3O2/c20-14-5-3-12(4-6-14)13-8-17-16(18(24)9-13)11-22-19(23-17)21-10-15-2-1-7-25-15/h3-6,11,13,15H,1-2,7-10H2,(H,21,22,23)/t13-,15+/m1/s1. The SMILES string of the molecule is O=C1C[C@H](c2ccc(F)cc2)Cc2nc(NC[C@@H]3CCCO3)ncc21. The van der Waals surface area contributed by atoms with Crippen LogP contribution in [-0.4, -0.2) is 35.0 Å². The predicted octanol–water partition coefficient (Wildman–Crippen LogP) is 3.12. The Hall–Kier alpha value is -2.34. The van der Waals surface area contributed by atoms with E-state index in [1.807, 2.05) is 0 Å². The number of aromatic nitrogens is 2. The summed E-state index contributed by atoms with van der Waals surface area (Å²) in [5.74, 6) is 0.332. The highest BCUT2D eigenvalue weighted by atomic mass is 19.1. The third kappa shape index (κ3) is 3.54. The first-order valence-corrected chi connectivity index (χ1v) is 8.69. The van der Waals surface area contributed by atoms with Crippen LogP contribution < -0.4 is 5.32 Å². The van der Waals surface area contributed by atoms with Crippen LogP contribution in [0.4, 0.5) is 10.3 Å². The van der Waals surface area contributed by atoms with Gasteiger partial charge in [-0.1, -0.05) is 12.1 Å². The van der Waals surface area contributed by atoms with Crippen LogP contribution in [0.1, 0.15) is 46.8 Å². The number of hydrogen-bond acceptors (Lipinski definition) is 5. The Morgan fingerprint density at radius 2 is 2.08 bits per heavy atom. The molecule has 2 atom stereocenters. The van der Waals surface area contributed by atoms with Crippen molar-refractivity contribution in [2.24, 2.45) is 0 Å². The van der Waals surface area contributed by atoms with Crippen LogP contribution in [0.2, 0.25) is 0 Å². The first-order chi connectivity index (χ1) is 12.2. The van der Waals surface area contributed by atoms with Gasteiger partial charge in [-0.05, 0) is 42.9 Å². The summed E-state index contributed by atoms with van der Waals surface area (Å²) < 4.78 is 18.7. The summed E-state index contributed by atoms with van der Waals surface area (Å²) in [5, 5.41) is 3.21. The highest BCUT2D eigenvalue weighted by Gasteiger charge is 2.28. The van der Waals surface area contributed by atoms with Gasteiger partial charge in [-0.3, -0.25) is 4.79 Å². The van der Waals surface area contributed by atoms with Gasteiger partial charge in [-0.2, -0.15) is 0 Å². The van der Waals surface area contributed by atoms with E-state index in [-0.39, 0.29) is 23.6 Å². The molecule has 2 aliphatic rings. The summed E-state index contributed by atoms with van der Waals surface area (Å²) in [6, 6.07) is 6.36. The highest BCUT2D eigenvalue weighted by Crippen LogP contribution is 2.32. The van der Waals surface area contributed by atoms with E-state index in [2.05, 4.69) is 15.3 Å². The van der Waals surface area contributed by atoms with Crippen LogP contribution in [0, 0.1) is 5.82 Å². The molecule has 130 valence electrons. The fourth-order valence-corrected chi connectivity index (χ4v) is 3.51. The minimum atomic E-state index is -0.269. The number of nitrogens with zero attached hydrogens (tertiary/aromatic N) is 2. The normalized spacial score (nSPS) is 22.7. The average Bonchev–Trinajstić information content (AvgIpc) is 3.14. The van der Waals surface area contributed by atoms with Gasteiger partial charge in [0.25, 0.3) is 0 Å². The second-order valence-corrected chi connectivity index (χ2v) is 6.65. The van der Waals surface area contributed by atoms with Gasteiger partial charge in [0.05, 0.1) is 17.4 Å². The molecule has 0 radical (unpaired) electrons. The quantitative estimate of drug-likeness (QED) is 0.926. The van der Waals surface area contributed by atoms with E-state index in [0.29, 0.717) is 30.9 Å². The molecule has 25 heavy (non-hydrogen) atoms. The van der Waals surface area contributed by atoms with E-state index in [9.17, 15) is 9.18 Å². The molecule has 1 fully saturated rings. The van der Waals surface area contributed by atoms with Gasteiger partial charge >= 0.3 is 0 Å². The van der Waals surface area contributed by atoms with Crippen LogP contribution >= 0.6 is 0 Å². The van der Waals surface area contributed by atoms with Crippen molar-refractivity contribution in [1.82, 2.24) is 9.97 Å². The number of rotatable bonds is 4. The van der Waals surface area contributed by atoms with Gasteiger partial charge in [0, 0.05) is 25.8 Å². The summed E-state index contributed by atoms with van der Waals surface area (Å²) in [6.07, 6.45) is 5.01. The summed E-state index contributed by atoms with van der Waals surface area (Å²) in [7, 11) is 0. The molecular weight excluding hydrogens is 321 g/mol. The van der Waals surface area contributed by atoms with Gasteiger partial charge in [0.15, 0.2) is 5.78 Å². The van der Waals surface area contributed by atoms with E-state index in [4.69, 9.17) is 4.74 Å². The Labute approximate surface area is 145 Å². The fourth-order valence-electron chi connectivity index (χ4n) is 3.51. The maximum Gasteiger partial charge on any atom is 0.222 e. The molecule has 2 heterocycles. The van der Waals surface area contributed by atoms with Gasteiger partial charge in [-0.25, -0.2) is 14.4 Å². The molecule has 0 bridgehead atoms. The highest BCUT2D eigenvalue weighted by molar-refractivity contribution is 5.98. The molecule has 1 aromatic carbocycles. The Morgan fingerprint density at radius 3 is 2.84 bits per heavy atom. The molecule has 0 amide bonds. The number of carbonyl (C=O) groups is 1. The number of carbonyl (C=O) groups excluding carboxylic acids is 1. The number of halogens is 1. The molecule has 4 rings (SSSR count). The van der Waals surface area contributed by atoms with Crippen LogP contribution in [0.5, 0.6) is 0 Å². The molecule has 5 nitrogen and oxygen atoms in total. The van der Waals surface area contributed by atoms with E-state index < -0.39 is 0 Å². The zero-order valence-electron chi connectivity index (χ0n) is 13.9. The Morgan fingerprint density at radius 1 is 1.24 bits per heavy atom. The number of anilines is 1. The summed E-state index contributed by atoms with van der Waals surface area (Å²) in [6.45, 7) is 1.49. The lowest BCUT2D eigenvalue weighted by Gasteiger charge is -2.23. The van der Waals surface area contributed by atoms with Crippen molar-refractivity contribution >= 4 is 11.7 Å². The molecule has 1 aliphatic heterocycles. The molecular formula is C19H20FN3O2. The van der Waals surface area contributed by atoms with Gasteiger partial charge < -0.3 is 10.1 Å². The van der Waals surface area contributed by atoms with Crippen molar-refractivity contribution in [3.05, 3.63) is 53.1 Å². The zero-order chi connectivity index (χ0) is 17.2. The summed E-state index contributed by atoms with van der Waals surface area (Å²) in [5.41, 5.74) is 2.32. The first kappa shape index (κ1) is 16.1. The molecule has 0 spiro atoms. The van der Waals surface area contributed by atoms with Crippen LogP contribution in [-0.2, 0) is 11.2 Å². The number of Topliss-reactive ketones (excluding diaryl/α,β-unsaturated/α-hetero) is 1. The fraction of sp³-hybridized carbons (Fsp3) is 0.421. The molecule has 0 unspecified atom stereocenters. The number of ether oxygens (including phenoxy) is 1. The molecule has 1 saturated heterocycles. The van der Waals surface area contributed by atoms with Crippen molar-refractivity contribution in [2.75, 3.05) is 18.5 Å². The minimum Gasteiger partial charge on any atom is -0.376 e. The summed E-state index contributed by atoms with van der Waals surface area (Å²) >= 11 is 0. The first-order valence-electron chi connectivity index (χ1n) is 8.69. The van der Waals surface area contributed by atoms with E-state index in [0.717, 1.165) is 30.7 Å². The average molecular weight is 341 g/mol. The molecule has 0 saturated carbocycles. The maximum atomic E-state index is 13.1. The van der Waals surface area contributed by atoms with Crippen molar-refractivity contribution in [3.8, 4) is 0 Å². The number of nitrogens with one attached hydrogen (secondary N) is 1. The lowest BCUT2D eigenvalue weighted by molar-refractivity contribution is 0.0962. The smallest absolute Gasteiger partial charge is 0.222 e. The second kappa shape index (κ2) is 6.88. The Kier molecular flexibility index (Phi) is 4.44. The monoisotopic (exact) mass is 341 g/mol. The summed E-state index contributed by atoms with van der Waals surface area (Å²) in [4.78, 5) is 21.2. The van der Waals surface area contributed by atoms with Crippen molar-refractivity contribution < 1.29 is 13.9 Å². The van der Waals surface area contributed by atoms with Crippen LogP contribution in [0.3, 0.4) is 0 Å². The Balaban J connectivity index is 1.51. The van der Waals surface area contributed by atoms with E-state index in [1.54, 1.807) is 18.3 Å². The van der Waals surface area contributed by atoms with Gasteiger partial charge in [0.2, 0.25) is 5.95 Å². The second-order valence-electron chi connectivity index (χ2n) is 6.65. The van der Waals surface area contributed by atoms with E-state index in [1.165, 1.54) is 12.1 Å². The minimum absolute atomic E-state index is 0.0292. The van der Waals surface area contributed by atoms with Crippen molar-refractivity contribution in [2.45, 2.75) is 37.7 Å². The van der Waals surface area contributed by atoms with Crippen LogP contribution in [0.15, 0.2) is 30.5 Å². The van der Waals surface area contributed by atoms with Crippen molar-refractivity contribution in [3.63, 3.8) is 0 Å². The van der Waals surface area contributed by atoms with Crippen LogP contribution in [0.25, 0.3) is 0 Å². The van der Waals surface area contributed by atoms with Gasteiger partial charge in [0.1, 0.15) is 5.82 Å². The molecule has 1 aromatic heterocycles. The molecule has 1 aliphatic carbocycles. The third-order valence-electron chi connectivity index (χ3n) is 4.89. The van der Waals surface area contributed by atoms with Crippen molar-refractivity contribution in [1.29, 1.82) is 0 Å². The lowest BCUT2D eigenvalue weighted by atomic mass is 9.82. The number of hydrogen-bond donors (Lipinski definition) is 1. The number of ketones is 1. The maximum absolute atomic E-state index is 13.1. The molecule has 2 aromatic rings. The van der Waals surface area contributed by atoms with Gasteiger partial charge in [-0.15, -0.1) is 0 Å². The zero-order valence-corrected chi connectivity index (χ0v) is 13.9. The third-order valence-corrected chi connectivity index (χ3v) is 4.89. The number of benzene rings is 1. The molecule has 1 N–H and O–H groups in total. The lowest BCUT2D eigenvalue weighted by Crippen LogP contribution is -2.23. The largest absolute Gasteiger partial charge is 0.376 e.